The maximum atomic E-state index is 12.1. The second kappa shape index (κ2) is 9.27. The zero-order valence-corrected chi connectivity index (χ0v) is 14.4. The van der Waals surface area contributed by atoms with Gasteiger partial charge in [0.2, 0.25) is 5.91 Å². The van der Waals surface area contributed by atoms with E-state index in [4.69, 9.17) is 5.73 Å². The first kappa shape index (κ1) is 18.3. The van der Waals surface area contributed by atoms with Gasteiger partial charge in [-0.3, -0.25) is 4.79 Å². The van der Waals surface area contributed by atoms with E-state index in [1.54, 1.807) is 11.9 Å². The van der Waals surface area contributed by atoms with E-state index < -0.39 is 0 Å². The van der Waals surface area contributed by atoms with Gasteiger partial charge in [0.05, 0.1) is 5.92 Å². The predicted octanol–water partition coefficient (Wildman–Crippen LogP) is 1.42. The predicted molar refractivity (Wildman–Crippen MR) is 94.3 cm³/mol. The lowest BCUT2D eigenvalue weighted by atomic mass is 9.97. The van der Waals surface area contributed by atoms with Crippen molar-refractivity contribution in [1.82, 2.24) is 15.1 Å². The van der Waals surface area contributed by atoms with Gasteiger partial charge in [-0.25, -0.2) is 4.79 Å². The van der Waals surface area contributed by atoms with Crippen molar-refractivity contribution in [3.63, 3.8) is 0 Å². The number of piperidine rings is 1. The number of hydrogen-bond acceptors (Lipinski definition) is 3. The van der Waals surface area contributed by atoms with Crippen molar-refractivity contribution < 1.29 is 9.59 Å². The van der Waals surface area contributed by atoms with Crippen LogP contribution in [0.15, 0.2) is 30.3 Å². The fourth-order valence-electron chi connectivity index (χ4n) is 3.05. The van der Waals surface area contributed by atoms with Crippen molar-refractivity contribution in [3.8, 4) is 0 Å². The molecule has 1 fully saturated rings. The van der Waals surface area contributed by atoms with Crippen LogP contribution in [0.1, 0.15) is 24.8 Å². The second-order valence-electron chi connectivity index (χ2n) is 6.47. The molecule has 3 N–H and O–H groups in total. The molecule has 0 spiro atoms. The highest BCUT2D eigenvalue weighted by Crippen LogP contribution is 2.15. The Balaban J connectivity index is 1.63. The number of likely N-dealkylation sites (tertiary alicyclic amines) is 1. The number of primary amides is 1. The Kier molecular flexibility index (Phi) is 7.06. The van der Waals surface area contributed by atoms with Gasteiger partial charge in [0, 0.05) is 26.7 Å². The standard InChI is InChI=1S/C18H28N4O2/c1-21(13-15-7-3-2-4-8-15)18(24)20-10-6-12-22-11-5-9-16(14-22)17(19)23/h2-4,7-8,16H,5-6,9-14H2,1H3,(H2,19,23)(H,20,24)/t16-/m1/s1. The lowest BCUT2D eigenvalue weighted by molar-refractivity contribution is -0.123. The van der Waals surface area contributed by atoms with Crippen molar-refractivity contribution in [2.24, 2.45) is 11.7 Å². The summed E-state index contributed by atoms with van der Waals surface area (Å²) in [5.74, 6) is -0.221. The smallest absolute Gasteiger partial charge is 0.317 e. The third-order valence-corrected chi connectivity index (χ3v) is 4.44. The van der Waals surface area contributed by atoms with Crippen LogP contribution in [-0.2, 0) is 11.3 Å². The van der Waals surface area contributed by atoms with Crippen LogP contribution in [0.4, 0.5) is 4.79 Å². The molecular formula is C18H28N4O2. The van der Waals surface area contributed by atoms with Crippen LogP contribution in [0.3, 0.4) is 0 Å². The van der Waals surface area contributed by atoms with Crippen LogP contribution < -0.4 is 11.1 Å². The molecule has 6 heteroatoms. The Hall–Kier alpha value is -2.08. The monoisotopic (exact) mass is 332 g/mol. The third kappa shape index (κ3) is 5.85. The van der Waals surface area contributed by atoms with Crippen molar-refractivity contribution in [2.45, 2.75) is 25.8 Å². The lowest BCUT2D eigenvalue weighted by Gasteiger charge is -2.31. The Labute approximate surface area is 144 Å². The number of urea groups is 1. The van der Waals surface area contributed by atoms with Crippen LogP contribution in [0.2, 0.25) is 0 Å². The summed E-state index contributed by atoms with van der Waals surface area (Å²) in [6.45, 7) is 3.87. The first-order chi connectivity index (χ1) is 11.6. The number of nitrogens with two attached hydrogens (primary N) is 1. The SMILES string of the molecule is CN(Cc1ccccc1)C(=O)NCCCN1CCC[C@@H](C(N)=O)C1. The van der Waals surface area contributed by atoms with Crippen LogP contribution in [0.25, 0.3) is 0 Å². The summed E-state index contributed by atoms with van der Waals surface area (Å²) < 4.78 is 0. The van der Waals surface area contributed by atoms with Crippen molar-refractivity contribution in [2.75, 3.05) is 33.2 Å². The van der Waals surface area contributed by atoms with Crippen LogP contribution in [0, 0.1) is 5.92 Å². The van der Waals surface area contributed by atoms with Crippen LogP contribution in [0.5, 0.6) is 0 Å². The first-order valence-corrected chi connectivity index (χ1v) is 8.61. The molecule has 0 radical (unpaired) electrons. The zero-order chi connectivity index (χ0) is 17.4. The van der Waals surface area contributed by atoms with Gasteiger partial charge in [0.1, 0.15) is 0 Å². The average molecular weight is 332 g/mol. The van der Waals surface area contributed by atoms with Gasteiger partial charge in [0.25, 0.3) is 0 Å². The molecule has 1 saturated heterocycles. The molecule has 1 aromatic carbocycles. The molecule has 0 unspecified atom stereocenters. The van der Waals surface area contributed by atoms with E-state index in [9.17, 15) is 9.59 Å². The molecule has 1 heterocycles. The molecule has 0 aliphatic carbocycles. The summed E-state index contributed by atoms with van der Waals surface area (Å²) in [7, 11) is 1.80. The van der Waals surface area contributed by atoms with E-state index >= 15 is 0 Å². The zero-order valence-electron chi connectivity index (χ0n) is 14.4. The summed E-state index contributed by atoms with van der Waals surface area (Å²) in [6.07, 6.45) is 2.78. The number of carbonyl (C=O) groups is 2. The molecule has 0 aromatic heterocycles. The number of nitrogens with one attached hydrogen (secondary N) is 1. The van der Waals surface area contributed by atoms with Gasteiger partial charge in [-0.05, 0) is 37.9 Å². The minimum Gasteiger partial charge on any atom is -0.369 e. The third-order valence-electron chi connectivity index (χ3n) is 4.44. The molecule has 1 aliphatic rings. The summed E-state index contributed by atoms with van der Waals surface area (Å²) >= 11 is 0. The van der Waals surface area contributed by atoms with Crippen molar-refractivity contribution >= 4 is 11.9 Å². The van der Waals surface area contributed by atoms with Gasteiger partial charge >= 0.3 is 6.03 Å². The minimum absolute atomic E-state index is 0.0228. The van der Waals surface area contributed by atoms with Crippen molar-refractivity contribution in [3.05, 3.63) is 35.9 Å². The number of benzene rings is 1. The first-order valence-electron chi connectivity index (χ1n) is 8.61. The topological polar surface area (TPSA) is 78.7 Å². The Morgan fingerprint density at radius 1 is 1.33 bits per heavy atom. The number of carbonyl (C=O) groups excluding carboxylic acids is 2. The summed E-state index contributed by atoms with van der Waals surface area (Å²) in [6, 6.07) is 9.86. The quantitative estimate of drug-likeness (QED) is 0.741. The van der Waals surface area contributed by atoms with Gasteiger partial charge in [0.15, 0.2) is 0 Å². The summed E-state index contributed by atoms with van der Waals surface area (Å²) in [4.78, 5) is 27.3. The Morgan fingerprint density at radius 3 is 2.79 bits per heavy atom. The molecule has 2 rings (SSSR count). The van der Waals surface area contributed by atoms with Crippen LogP contribution >= 0.6 is 0 Å². The fourth-order valence-corrected chi connectivity index (χ4v) is 3.05. The average Bonchev–Trinajstić information content (AvgIpc) is 2.59. The molecule has 0 bridgehead atoms. The molecular weight excluding hydrogens is 304 g/mol. The highest BCUT2D eigenvalue weighted by atomic mass is 16.2. The maximum Gasteiger partial charge on any atom is 0.317 e. The second-order valence-corrected chi connectivity index (χ2v) is 6.47. The lowest BCUT2D eigenvalue weighted by Crippen LogP contribution is -2.42. The van der Waals surface area contributed by atoms with E-state index in [0.717, 1.165) is 44.5 Å². The Morgan fingerprint density at radius 2 is 2.08 bits per heavy atom. The Bertz CT molecular complexity index is 535. The molecule has 24 heavy (non-hydrogen) atoms. The molecule has 6 nitrogen and oxygen atoms in total. The number of rotatable bonds is 7. The normalized spacial score (nSPS) is 18.1. The van der Waals surface area contributed by atoms with E-state index in [0.29, 0.717) is 13.1 Å². The molecule has 0 saturated carbocycles. The van der Waals surface area contributed by atoms with E-state index in [1.807, 2.05) is 30.3 Å². The molecule has 1 atom stereocenters. The fraction of sp³-hybridized carbons (Fsp3) is 0.556. The van der Waals surface area contributed by atoms with Crippen molar-refractivity contribution in [1.29, 1.82) is 0 Å². The van der Waals surface area contributed by atoms with Gasteiger partial charge < -0.3 is 20.9 Å². The van der Waals surface area contributed by atoms with Gasteiger partial charge in [-0.15, -0.1) is 0 Å². The maximum absolute atomic E-state index is 12.1. The van der Waals surface area contributed by atoms with Gasteiger partial charge in [-0.1, -0.05) is 30.3 Å². The summed E-state index contributed by atoms with van der Waals surface area (Å²) in [5.41, 5.74) is 6.50. The summed E-state index contributed by atoms with van der Waals surface area (Å²) in [5, 5.41) is 2.94. The van der Waals surface area contributed by atoms with E-state index in [-0.39, 0.29) is 17.9 Å². The largest absolute Gasteiger partial charge is 0.369 e. The molecule has 3 amide bonds. The van der Waals surface area contributed by atoms with Crippen LogP contribution in [-0.4, -0.2) is 55.0 Å². The van der Waals surface area contributed by atoms with Gasteiger partial charge in [-0.2, -0.15) is 0 Å². The molecule has 1 aliphatic heterocycles. The molecule has 132 valence electrons. The number of hydrogen-bond donors (Lipinski definition) is 2. The highest BCUT2D eigenvalue weighted by Gasteiger charge is 2.23. The number of amides is 3. The van der Waals surface area contributed by atoms with E-state index in [1.165, 1.54) is 0 Å². The number of nitrogens with zero attached hydrogens (tertiary/aromatic N) is 2. The highest BCUT2D eigenvalue weighted by molar-refractivity contribution is 5.77. The molecule has 1 aromatic rings. The van der Waals surface area contributed by atoms with E-state index in [2.05, 4.69) is 10.2 Å². The minimum atomic E-state index is -0.199.